The molecular formula is C15H23N3O4. The second kappa shape index (κ2) is 10.4. The lowest BCUT2D eigenvalue weighted by Gasteiger charge is -2.19. The largest absolute Gasteiger partial charge is 0.494 e. The van der Waals surface area contributed by atoms with Crippen LogP contribution in [0.2, 0.25) is 0 Å². The lowest BCUT2D eigenvalue weighted by Crippen LogP contribution is -2.46. The van der Waals surface area contributed by atoms with Crippen LogP contribution >= 0.6 is 0 Å². The number of hydrogen-bond acceptors (Lipinski definition) is 5. The summed E-state index contributed by atoms with van der Waals surface area (Å²) in [6.45, 7) is 3.05. The average Bonchev–Trinajstić information content (AvgIpc) is 2.53. The molecule has 3 N–H and O–H groups in total. The normalized spacial score (nSPS) is 9.91. The summed E-state index contributed by atoms with van der Waals surface area (Å²) in [4.78, 5) is 24.5. The van der Waals surface area contributed by atoms with E-state index in [1.165, 1.54) is 0 Å². The van der Waals surface area contributed by atoms with E-state index in [4.69, 9.17) is 15.2 Å². The van der Waals surface area contributed by atoms with Gasteiger partial charge in [0.2, 0.25) is 0 Å². The Morgan fingerprint density at radius 1 is 1.27 bits per heavy atom. The number of urea groups is 1. The van der Waals surface area contributed by atoms with E-state index in [2.05, 4.69) is 5.32 Å². The maximum absolute atomic E-state index is 11.9. The van der Waals surface area contributed by atoms with Crippen molar-refractivity contribution >= 4 is 12.1 Å². The van der Waals surface area contributed by atoms with E-state index < -0.39 is 12.1 Å². The minimum atomic E-state index is -0.689. The van der Waals surface area contributed by atoms with Crippen LogP contribution in [0.15, 0.2) is 30.3 Å². The van der Waals surface area contributed by atoms with E-state index in [9.17, 15) is 9.59 Å². The average molecular weight is 309 g/mol. The third-order valence-electron chi connectivity index (χ3n) is 2.70. The molecule has 0 aliphatic carbocycles. The van der Waals surface area contributed by atoms with Crippen molar-refractivity contribution in [1.82, 2.24) is 10.2 Å². The molecule has 7 heteroatoms. The smallest absolute Gasteiger partial charge is 0.418 e. The van der Waals surface area contributed by atoms with E-state index in [0.29, 0.717) is 19.6 Å². The Morgan fingerprint density at radius 3 is 2.64 bits per heavy atom. The van der Waals surface area contributed by atoms with Crippen LogP contribution in [-0.2, 0) is 4.74 Å². The van der Waals surface area contributed by atoms with Crippen LogP contribution in [0.25, 0.3) is 0 Å². The van der Waals surface area contributed by atoms with Crippen molar-refractivity contribution in [2.24, 2.45) is 5.73 Å². The van der Waals surface area contributed by atoms with Crippen molar-refractivity contribution in [3.05, 3.63) is 30.3 Å². The van der Waals surface area contributed by atoms with Gasteiger partial charge in [-0.3, -0.25) is 0 Å². The summed E-state index contributed by atoms with van der Waals surface area (Å²) in [5.41, 5.74) is 5.39. The first-order chi connectivity index (χ1) is 10.7. The van der Waals surface area contributed by atoms with Crippen molar-refractivity contribution in [1.29, 1.82) is 0 Å². The monoisotopic (exact) mass is 309 g/mol. The molecule has 3 amide bonds. The molecule has 0 aromatic heterocycles. The van der Waals surface area contributed by atoms with Gasteiger partial charge in [0.1, 0.15) is 5.75 Å². The van der Waals surface area contributed by atoms with E-state index in [-0.39, 0.29) is 19.7 Å². The first-order valence-electron chi connectivity index (χ1n) is 7.29. The molecule has 7 nitrogen and oxygen atoms in total. The Bertz CT molecular complexity index is 453. The Kier molecular flexibility index (Phi) is 8.44. The number of imide groups is 1. The molecule has 0 unspecified atom stereocenters. The van der Waals surface area contributed by atoms with E-state index in [1.54, 1.807) is 6.92 Å². The molecule has 0 bridgehead atoms. The zero-order valence-corrected chi connectivity index (χ0v) is 12.8. The van der Waals surface area contributed by atoms with Crippen molar-refractivity contribution < 1.29 is 19.1 Å². The van der Waals surface area contributed by atoms with E-state index in [1.807, 2.05) is 30.3 Å². The molecule has 0 atom stereocenters. The summed E-state index contributed by atoms with van der Waals surface area (Å²) >= 11 is 0. The number of hydrogen-bond donors (Lipinski definition) is 2. The number of nitrogens with zero attached hydrogens (tertiary/aromatic N) is 1. The molecule has 0 aliphatic heterocycles. The highest BCUT2D eigenvalue weighted by Crippen LogP contribution is 2.08. The van der Waals surface area contributed by atoms with Crippen molar-refractivity contribution in [3.8, 4) is 5.75 Å². The van der Waals surface area contributed by atoms with Crippen molar-refractivity contribution in [2.45, 2.75) is 13.3 Å². The van der Waals surface area contributed by atoms with Crippen LogP contribution in [0.5, 0.6) is 5.75 Å². The molecule has 1 rings (SSSR count). The van der Waals surface area contributed by atoms with Crippen LogP contribution in [0.1, 0.15) is 13.3 Å². The minimum absolute atomic E-state index is 0.116. The SMILES string of the molecule is CCOC(=O)N(CCN)C(=O)NCCCOc1ccccc1. The molecule has 0 radical (unpaired) electrons. The number of ether oxygens (including phenoxy) is 2. The summed E-state index contributed by atoms with van der Waals surface area (Å²) in [6, 6.07) is 8.91. The van der Waals surface area contributed by atoms with Gasteiger partial charge in [-0.15, -0.1) is 0 Å². The highest BCUT2D eigenvalue weighted by molar-refractivity contribution is 5.90. The molecule has 0 fully saturated rings. The fourth-order valence-electron chi connectivity index (χ4n) is 1.68. The molecule has 0 heterocycles. The lowest BCUT2D eigenvalue weighted by atomic mass is 10.3. The third-order valence-corrected chi connectivity index (χ3v) is 2.70. The topological polar surface area (TPSA) is 93.9 Å². The highest BCUT2D eigenvalue weighted by atomic mass is 16.6. The predicted octanol–water partition coefficient (Wildman–Crippen LogP) is 1.58. The van der Waals surface area contributed by atoms with Gasteiger partial charge < -0.3 is 20.5 Å². The number of rotatable bonds is 8. The second-order valence-electron chi connectivity index (χ2n) is 4.39. The number of carbonyl (C=O) groups excluding carboxylic acids is 2. The summed E-state index contributed by atoms with van der Waals surface area (Å²) < 4.78 is 10.3. The summed E-state index contributed by atoms with van der Waals surface area (Å²) in [6.07, 6.45) is -0.0640. The molecule has 1 aromatic rings. The van der Waals surface area contributed by atoms with Crippen LogP contribution in [-0.4, -0.2) is 49.9 Å². The first-order valence-corrected chi connectivity index (χ1v) is 7.29. The maximum Gasteiger partial charge on any atom is 0.418 e. The van der Waals surface area contributed by atoms with Gasteiger partial charge >= 0.3 is 12.1 Å². The first kappa shape index (κ1) is 17.8. The number of carbonyl (C=O) groups is 2. The van der Waals surface area contributed by atoms with Gasteiger partial charge in [-0.25, -0.2) is 14.5 Å². The number of amides is 3. The molecule has 0 spiro atoms. The minimum Gasteiger partial charge on any atom is -0.494 e. The zero-order valence-electron chi connectivity index (χ0n) is 12.8. The number of benzene rings is 1. The van der Waals surface area contributed by atoms with Gasteiger partial charge in [0.15, 0.2) is 0 Å². The van der Waals surface area contributed by atoms with Crippen LogP contribution < -0.4 is 15.8 Å². The van der Waals surface area contributed by atoms with Crippen LogP contribution in [0.3, 0.4) is 0 Å². The molecule has 1 aromatic carbocycles. The van der Waals surface area contributed by atoms with Gasteiger partial charge in [0, 0.05) is 19.6 Å². The fourth-order valence-corrected chi connectivity index (χ4v) is 1.68. The predicted molar refractivity (Wildman–Crippen MR) is 82.7 cm³/mol. The fraction of sp³-hybridized carbons (Fsp3) is 0.467. The maximum atomic E-state index is 11.9. The second-order valence-corrected chi connectivity index (χ2v) is 4.39. The highest BCUT2D eigenvalue weighted by Gasteiger charge is 2.21. The quantitative estimate of drug-likeness (QED) is 0.711. The van der Waals surface area contributed by atoms with Crippen molar-refractivity contribution in [2.75, 3.05) is 32.8 Å². The summed E-state index contributed by atoms with van der Waals surface area (Å²) in [5, 5.41) is 2.64. The molecule has 122 valence electrons. The molecule has 0 aliphatic rings. The molecule has 22 heavy (non-hydrogen) atoms. The number of nitrogens with one attached hydrogen (secondary N) is 1. The Hall–Kier alpha value is -2.28. The Balaban J connectivity index is 2.26. The summed E-state index contributed by atoms with van der Waals surface area (Å²) in [7, 11) is 0. The van der Waals surface area contributed by atoms with Gasteiger partial charge in [0.25, 0.3) is 0 Å². The summed E-state index contributed by atoms with van der Waals surface area (Å²) in [5.74, 6) is 0.783. The van der Waals surface area contributed by atoms with Gasteiger partial charge in [-0.2, -0.15) is 0 Å². The molecule has 0 saturated carbocycles. The number of para-hydroxylation sites is 1. The lowest BCUT2D eigenvalue weighted by molar-refractivity contribution is 0.115. The van der Waals surface area contributed by atoms with E-state index >= 15 is 0 Å². The zero-order chi connectivity index (χ0) is 16.2. The van der Waals surface area contributed by atoms with Gasteiger partial charge in [0.05, 0.1) is 13.2 Å². The molecular weight excluding hydrogens is 286 g/mol. The molecule has 0 saturated heterocycles. The Morgan fingerprint density at radius 2 is 2.00 bits per heavy atom. The Labute approximate surface area is 130 Å². The van der Waals surface area contributed by atoms with E-state index in [0.717, 1.165) is 10.6 Å². The number of nitrogens with two attached hydrogens (primary N) is 1. The van der Waals surface area contributed by atoms with Gasteiger partial charge in [-0.1, -0.05) is 18.2 Å². The van der Waals surface area contributed by atoms with Gasteiger partial charge in [-0.05, 0) is 25.5 Å². The van der Waals surface area contributed by atoms with Crippen LogP contribution in [0, 0.1) is 0 Å². The van der Waals surface area contributed by atoms with Crippen molar-refractivity contribution in [3.63, 3.8) is 0 Å². The standard InChI is InChI=1S/C15H23N3O4/c1-2-21-15(20)18(11-9-16)14(19)17-10-6-12-22-13-7-4-3-5-8-13/h3-5,7-8H,2,6,9-12,16H2,1H3,(H,17,19). The third kappa shape index (κ3) is 6.45. The van der Waals surface area contributed by atoms with Crippen LogP contribution in [0.4, 0.5) is 9.59 Å².